The molecule has 0 heterocycles. The Morgan fingerprint density at radius 2 is 1.66 bits per heavy atom. The summed E-state index contributed by atoms with van der Waals surface area (Å²) in [6.45, 7) is 15.9. The molecule has 10 atom stereocenters. The lowest BCUT2D eigenvalue weighted by atomic mass is 9.46. The van der Waals surface area contributed by atoms with Gasteiger partial charge in [-0.2, -0.15) is 0 Å². The molecule has 38 heavy (non-hydrogen) atoms. The minimum Gasteiger partial charge on any atom is -0.396 e. The van der Waals surface area contributed by atoms with Crippen LogP contribution in [0.5, 0.6) is 0 Å². The standard InChI is InChI=1S/C32H62N2O4/c1-6-36-28-14-16-31(4,15-13-24(3)37-20-8-17-33)27-22-29(38-21-9-18-34)32(5)25(23(2)10-7-19-35)11-12-26(32)30(27)28/h23-30,35H,6-22,33-34H2,1-5H3/t23?,24-,25?,26-,27-,28+,29-,30?,31-,32+/m0/s1. The Morgan fingerprint density at radius 3 is 2.34 bits per heavy atom. The molecular weight excluding hydrogens is 476 g/mol. The first-order valence-corrected chi connectivity index (χ1v) is 16.1. The van der Waals surface area contributed by atoms with Gasteiger partial charge in [0.15, 0.2) is 0 Å². The molecule has 0 aromatic carbocycles. The zero-order valence-electron chi connectivity index (χ0n) is 25.5. The Kier molecular flexibility index (Phi) is 12.8. The fourth-order valence-corrected chi connectivity index (χ4v) is 9.15. The van der Waals surface area contributed by atoms with Crippen molar-refractivity contribution in [2.75, 3.05) is 39.5 Å². The van der Waals surface area contributed by atoms with Crippen molar-refractivity contribution >= 4 is 0 Å². The maximum Gasteiger partial charge on any atom is 0.0637 e. The normalized spacial score (nSPS) is 38.5. The third-order valence-electron chi connectivity index (χ3n) is 11.2. The lowest BCUT2D eigenvalue weighted by molar-refractivity contribution is -0.204. The van der Waals surface area contributed by atoms with E-state index in [1.807, 2.05) is 0 Å². The highest BCUT2D eigenvalue weighted by Gasteiger charge is 2.64. The predicted octanol–water partition coefficient (Wildman–Crippen LogP) is 5.54. The largest absolute Gasteiger partial charge is 0.396 e. The number of nitrogens with two attached hydrogens (primary N) is 2. The predicted molar refractivity (Wildman–Crippen MR) is 156 cm³/mol. The van der Waals surface area contributed by atoms with Crippen molar-refractivity contribution in [2.24, 2.45) is 51.9 Å². The van der Waals surface area contributed by atoms with Crippen molar-refractivity contribution in [1.82, 2.24) is 0 Å². The Labute approximate surface area is 234 Å². The van der Waals surface area contributed by atoms with Gasteiger partial charge in [0.25, 0.3) is 0 Å². The smallest absolute Gasteiger partial charge is 0.0637 e. The van der Waals surface area contributed by atoms with Crippen molar-refractivity contribution in [3.63, 3.8) is 0 Å². The molecule has 3 saturated carbocycles. The van der Waals surface area contributed by atoms with E-state index >= 15 is 0 Å². The first-order valence-electron chi connectivity index (χ1n) is 16.1. The molecule has 6 heteroatoms. The average Bonchev–Trinajstić information content (AvgIpc) is 3.26. The van der Waals surface area contributed by atoms with Crippen LogP contribution >= 0.6 is 0 Å². The average molecular weight is 539 g/mol. The number of hydrogen-bond donors (Lipinski definition) is 3. The van der Waals surface area contributed by atoms with Crippen LogP contribution in [0.15, 0.2) is 0 Å². The zero-order valence-corrected chi connectivity index (χ0v) is 25.5. The summed E-state index contributed by atoms with van der Waals surface area (Å²) in [4.78, 5) is 0. The number of rotatable bonds is 17. The van der Waals surface area contributed by atoms with E-state index in [0.717, 1.165) is 58.3 Å². The molecule has 0 saturated heterocycles. The summed E-state index contributed by atoms with van der Waals surface area (Å²) in [6, 6.07) is 0. The van der Waals surface area contributed by atoms with Crippen LogP contribution in [0.3, 0.4) is 0 Å². The fraction of sp³-hybridized carbons (Fsp3) is 1.00. The summed E-state index contributed by atoms with van der Waals surface area (Å²) in [5, 5.41) is 9.54. The third kappa shape index (κ3) is 7.15. The second-order valence-electron chi connectivity index (χ2n) is 13.5. The third-order valence-corrected chi connectivity index (χ3v) is 11.2. The molecular formula is C32H62N2O4. The highest BCUT2D eigenvalue weighted by molar-refractivity contribution is 5.13. The second-order valence-corrected chi connectivity index (χ2v) is 13.5. The Hall–Kier alpha value is -0.240. The Morgan fingerprint density at radius 1 is 0.921 bits per heavy atom. The first kappa shape index (κ1) is 32.3. The van der Waals surface area contributed by atoms with E-state index in [1.54, 1.807) is 0 Å². The van der Waals surface area contributed by atoms with Gasteiger partial charge in [0, 0.05) is 31.8 Å². The molecule has 0 spiro atoms. The van der Waals surface area contributed by atoms with Crippen LogP contribution in [0.1, 0.15) is 105 Å². The van der Waals surface area contributed by atoms with Gasteiger partial charge in [-0.1, -0.05) is 20.8 Å². The molecule has 5 N–H and O–H groups in total. The molecule has 0 aromatic heterocycles. The summed E-state index contributed by atoms with van der Waals surface area (Å²) < 4.78 is 19.5. The summed E-state index contributed by atoms with van der Waals surface area (Å²) in [6.07, 6.45) is 13.1. The minimum absolute atomic E-state index is 0.150. The fourth-order valence-electron chi connectivity index (χ4n) is 9.15. The Bertz CT molecular complexity index is 680. The SMILES string of the molecule is CCO[C@@H]1CC[C@](C)(CC[C@H](C)OCCCN)[C@H]2C[C@H](OCCCN)[C@]3(C)C(C(C)CCCO)CC[C@H]3C12. The van der Waals surface area contributed by atoms with Gasteiger partial charge in [0.1, 0.15) is 0 Å². The van der Waals surface area contributed by atoms with Crippen LogP contribution in [-0.4, -0.2) is 62.9 Å². The molecule has 0 bridgehead atoms. The topological polar surface area (TPSA) is 100.0 Å². The van der Waals surface area contributed by atoms with Crippen LogP contribution in [-0.2, 0) is 14.2 Å². The molecule has 3 fully saturated rings. The number of hydrogen-bond acceptors (Lipinski definition) is 6. The van der Waals surface area contributed by atoms with Gasteiger partial charge in [-0.25, -0.2) is 0 Å². The van der Waals surface area contributed by atoms with E-state index in [0.29, 0.717) is 48.8 Å². The van der Waals surface area contributed by atoms with E-state index in [-0.39, 0.29) is 29.6 Å². The quantitative estimate of drug-likeness (QED) is 0.210. The Balaban J connectivity index is 1.88. The van der Waals surface area contributed by atoms with Crippen molar-refractivity contribution < 1.29 is 19.3 Å². The van der Waals surface area contributed by atoms with Gasteiger partial charge in [-0.05, 0) is 133 Å². The lowest BCUT2D eigenvalue weighted by Gasteiger charge is -2.61. The molecule has 6 nitrogen and oxygen atoms in total. The summed E-state index contributed by atoms with van der Waals surface area (Å²) in [5.41, 5.74) is 12.0. The molecule has 3 unspecified atom stereocenters. The van der Waals surface area contributed by atoms with E-state index in [2.05, 4.69) is 34.6 Å². The molecule has 3 aliphatic carbocycles. The van der Waals surface area contributed by atoms with E-state index in [9.17, 15) is 5.11 Å². The second kappa shape index (κ2) is 15.1. The molecule has 0 aromatic rings. The monoisotopic (exact) mass is 538 g/mol. The maximum atomic E-state index is 9.54. The van der Waals surface area contributed by atoms with E-state index in [4.69, 9.17) is 25.7 Å². The van der Waals surface area contributed by atoms with E-state index in [1.165, 1.54) is 32.1 Å². The van der Waals surface area contributed by atoms with E-state index < -0.39 is 0 Å². The minimum atomic E-state index is 0.150. The molecule has 0 aliphatic heterocycles. The number of aliphatic hydroxyl groups is 1. The summed E-state index contributed by atoms with van der Waals surface area (Å²) in [5.74, 6) is 3.06. The highest BCUT2D eigenvalue weighted by Crippen LogP contribution is 2.67. The van der Waals surface area contributed by atoms with Crippen molar-refractivity contribution in [1.29, 1.82) is 0 Å². The van der Waals surface area contributed by atoms with Gasteiger partial charge >= 0.3 is 0 Å². The summed E-state index contributed by atoms with van der Waals surface area (Å²) >= 11 is 0. The highest BCUT2D eigenvalue weighted by atomic mass is 16.5. The van der Waals surface area contributed by atoms with Crippen molar-refractivity contribution in [3.8, 4) is 0 Å². The van der Waals surface area contributed by atoms with Crippen LogP contribution < -0.4 is 11.5 Å². The number of fused-ring (bicyclic) bond motifs is 3. The first-order chi connectivity index (χ1) is 18.3. The molecule has 0 radical (unpaired) electrons. The van der Waals surface area contributed by atoms with Crippen LogP contribution in [0.25, 0.3) is 0 Å². The number of ether oxygens (including phenoxy) is 3. The van der Waals surface area contributed by atoms with Crippen LogP contribution in [0.2, 0.25) is 0 Å². The maximum absolute atomic E-state index is 9.54. The van der Waals surface area contributed by atoms with Gasteiger partial charge in [-0.15, -0.1) is 0 Å². The summed E-state index contributed by atoms with van der Waals surface area (Å²) in [7, 11) is 0. The van der Waals surface area contributed by atoms with Crippen molar-refractivity contribution in [3.05, 3.63) is 0 Å². The van der Waals surface area contributed by atoms with Gasteiger partial charge in [0.05, 0.1) is 18.3 Å². The molecule has 3 rings (SSSR count). The van der Waals surface area contributed by atoms with Crippen LogP contribution in [0, 0.1) is 40.4 Å². The van der Waals surface area contributed by atoms with Crippen LogP contribution in [0.4, 0.5) is 0 Å². The lowest BCUT2D eigenvalue weighted by Crippen LogP contribution is -2.60. The van der Waals surface area contributed by atoms with Gasteiger partial charge in [0.2, 0.25) is 0 Å². The molecule has 0 amide bonds. The zero-order chi connectivity index (χ0) is 27.8. The molecule has 3 aliphatic rings. The number of aliphatic hydroxyl groups excluding tert-OH is 1. The molecule has 224 valence electrons. The van der Waals surface area contributed by atoms with Gasteiger partial charge < -0.3 is 30.8 Å². The van der Waals surface area contributed by atoms with Gasteiger partial charge in [-0.3, -0.25) is 0 Å². The van der Waals surface area contributed by atoms with Crippen molar-refractivity contribution in [2.45, 2.75) is 124 Å².